The van der Waals surface area contributed by atoms with E-state index in [9.17, 15) is 4.79 Å². The van der Waals surface area contributed by atoms with E-state index in [2.05, 4.69) is 20.4 Å². The molecule has 20 heavy (non-hydrogen) atoms. The van der Waals surface area contributed by atoms with Crippen molar-refractivity contribution in [2.75, 3.05) is 11.1 Å². The van der Waals surface area contributed by atoms with Gasteiger partial charge in [-0.05, 0) is 6.92 Å². The van der Waals surface area contributed by atoms with Gasteiger partial charge in [0.15, 0.2) is 5.69 Å². The fourth-order valence-corrected chi connectivity index (χ4v) is 1.77. The molecular formula is C13H18N6O. The van der Waals surface area contributed by atoms with Crippen molar-refractivity contribution in [2.24, 2.45) is 7.05 Å². The number of nitrogens with two attached hydrogens (primary N) is 1. The van der Waals surface area contributed by atoms with Crippen molar-refractivity contribution < 1.29 is 4.79 Å². The number of hydrogen-bond donors (Lipinski definition) is 2. The van der Waals surface area contributed by atoms with Gasteiger partial charge in [0.2, 0.25) is 0 Å². The second-order valence-corrected chi connectivity index (χ2v) is 4.94. The molecule has 0 unspecified atom stereocenters. The molecule has 2 aromatic heterocycles. The van der Waals surface area contributed by atoms with Gasteiger partial charge in [-0.3, -0.25) is 9.48 Å². The largest absolute Gasteiger partial charge is 0.396 e. The third kappa shape index (κ3) is 2.76. The van der Waals surface area contributed by atoms with Crippen LogP contribution in [0.25, 0.3) is 0 Å². The number of rotatable bonds is 3. The summed E-state index contributed by atoms with van der Waals surface area (Å²) < 4.78 is 1.59. The zero-order chi connectivity index (χ0) is 14.9. The van der Waals surface area contributed by atoms with Crippen molar-refractivity contribution in [3.05, 3.63) is 29.5 Å². The van der Waals surface area contributed by atoms with Crippen LogP contribution in [0.4, 0.5) is 11.5 Å². The maximum Gasteiger partial charge on any atom is 0.277 e. The third-order valence-corrected chi connectivity index (χ3v) is 2.81. The normalized spacial score (nSPS) is 10.8. The molecule has 0 bridgehead atoms. The molecule has 7 heteroatoms. The first-order valence-electron chi connectivity index (χ1n) is 6.33. The van der Waals surface area contributed by atoms with Crippen LogP contribution in [0.5, 0.6) is 0 Å². The summed E-state index contributed by atoms with van der Waals surface area (Å²) in [7, 11) is 1.76. The van der Waals surface area contributed by atoms with Crippen LogP contribution in [-0.2, 0) is 7.05 Å². The van der Waals surface area contributed by atoms with E-state index in [1.807, 2.05) is 20.8 Å². The molecule has 0 aliphatic rings. The summed E-state index contributed by atoms with van der Waals surface area (Å²) in [5.74, 6) is 0.943. The predicted octanol–water partition coefficient (Wildman–Crippen LogP) is 1.48. The lowest BCUT2D eigenvalue weighted by atomic mass is 10.2. The lowest BCUT2D eigenvalue weighted by molar-refractivity contribution is 0.102. The van der Waals surface area contributed by atoms with E-state index in [0.717, 1.165) is 5.69 Å². The van der Waals surface area contributed by atoms with Crippen LogP contribution in [0.1, 0.15) is 41.8 Å². The van der Waals surface area contributed by atoms with Crippen LogP contribution in [-0.4, -0.2) is 25.7 Å². The van der Waals surface area contributed by atoms with Crippen molar-refractivity contribution in [3.63, 3.8) is 0 Å². The first kappa shape index (κ1) is 14.0. The van der Waals surface area contributed by atoms with Crippen molar-refractivity contribution in [1.29, 1.82) is 0 Å². The minimum atomic E-state index is -0.366. The molecular weight excluding hydrogens is 256 g/mol. The van der Waals surface area contributed by atoms with Gasteiger partial charge in [-0.1, -0.05) is 13.8 Å². The number of aromatic nitrogens is 4. The Balaban J connectivity index is 2.29. The molecule has 2 heterocycles. The highest BCUT2D eigenvalue weighted by Gasteiger charge is 2.16. The third-order valence-electron chi connectivity index (χ3n) is 2.81. The standard InChI is InChI=1S/C13H18N6O/c1-7(2)12-15-6-9(14)11(17-12)13(20)16-10-5-8(3)18-19(10)4/h5-7H,14H2,1-4H3,(H,16,20). The topological polar surface area (TPSA) is 98.7 Å². The fraction of sp³-hybridized carbons (Fsp3) is 0.385. The molecule has 0 radical (unpaired) electrons. The van der Waals surface area contributed by atoms with Gasteiger partial charge in [-0.15, -0.1) is 0 Å². The van der Waals surface area contributed by atoms with E-state index in [1.165, 1.54) is 6.20 Å². The van der Waals surface area contributed by atoms with Gasteiger partial charge in [0.1, 0.15) is 11.6 Å². The summed E-state index contributed by atoms with van der Waals surface area (Å²) >= 11 is 0. The highest BCUT2D eigenvalue weighted by Crippen LogP contribution is 2.16. The second kappa shape index (κ2) is 5.28. The Kier molecular flexibility index (Phi) is 3.69. The number of amides is 1. The van der Waals surface area contributed by atoms with E-state index in [1.54, 1.807) is 17.8 Å². The van der Waals surface area contributed by atoms with Crippen LogP contribution in [0, 0.1) is 6.92 Å². The lowest BCUT2D eigenvalue weighted by Crippen LogP contribution is -2.19. The number of nitrogens with one attached hydrogen (secondary N) is 1. The Morgan fingerprint density at radius 3 is 2.70 bits per heavy atom. The average Bonchev–Trinajstić information content (AvgIpc) is 2.67. The van der Waals surface area contributed by atoms with Gasteiger partial charge in [0.05, 0.1) is 17.6 Å². The van der Waals surface area contributed by atoms with E-state index in [-0.39, 0.29) is 23.2 Å². The van der Waals surface area contributed by atoms with E-state index < -0.39 is 0 Å². The summed E-state index contributed by atoms with van der Waals surface area (Å²) in [6.07, 6.45) is 1.46. The highest BCUT2D eigenvalue weighted by atomic mass is 16.2. The zero-order valence-corrected chi connectivity index (χ0v) is 12.0. The molecule has 0 spiro atoms. The summed E-state index contributed by atoms with van der Waals surface area (Å²) in [6, 6.07) is 1.78. The molecule has 3 N–H and O–H groups in total. The van der Waals surface area contributed by atoms with Crippen LogP contribution in [0.3, 0.4) is 0 Å². The van der Waals surface area contributed by atoms with Gasteiger partial charge < -0.3 is 11.1 Å². The first-order chi connectivity index (χ1) is 9.38. The number of nitrogen functional groups attached to an aromatic ring is 1. The van der Waals surface area contributed by atoms with Crippen molar-refractivity contribution >= 4 is 17.4 Å². The van der Waals surface area contributed by atoms with Crippen molar-refractivity contribution in [2.45, 2.75) is 26.7 Å². The zero-order valence-electron chi connectivity index (χ0n) is 12.0. The fourth-order valence-electron chi connectivity index (χ4n) is 1.77. The number of carbonyl (C=O) groups is 1. The summed E-state index contributed by atoms with van der Waals surface area (Å²) in [5, 5.41) is 6.91. The predicted molar refractivity (Wildman–Crippen MR) is 76.4 cm³/mol. The lowest BCUT2D eigenvalue weighted by Gasteiger charge is -2.09. The Bertz CT molecular complexity index is 646. The highest BCUT2D eigenvalue weighted by molar-refractivity contribution is 6.05. The average molecular weight is 274 g/mol. The summed E-state index contributed by atoms with van der Waals surface area (Å²) in [5.41, 5.74) is 7.04. The molecule has 7 nitrogen and oxygen atoms in total. The van der Waals surface area contributed by atoms with Gasteiger partial charge in [-0.25, -0.2) is 9.97 Å². The molecule has 106 valence electrons. The molecule has 0 aliphatic carbocycles. The van der Waals surface area contributed by atoms with Gasteiger partial charge in [0.25, 0.3) is 5.91 Å². The van der Waals surface area contributed by atoms with Crippen LogP contribution < -0.4 is 11.1 Å². The number of aryl methyl sites for hydroxylation is 2. The Morgan fingerprint density at radius 1 is 1.45 bits per heavy atom. The summed E-state index contributed by atoms with van der Waals surface area (Å²) in [6.45, 7) is 5.76. The van der Waals surface area contributed by atoms with E-state index in [4.69, 9.17) is 5.73 Å². The SMILES string of the molecule is Cc1cc(NC(=O)c2nc(C(C)C)ncc2N)n(C)n1. The second-order valence-electron chi connectivity index (χ2n) is 4.94. The van der Waals surface area contributed by atoms with Crippen molar-refractivity contribution in [1.82, 2.24) is 19.7 Å². The molecule has 0 fully saturated rings. The maximum absolute atomic E-state index is 12.2. The number of carbonyl (C=O) groups excluding carboxylic acids is 1. The van der Waals surface area contributed by atoms with E-state index >= 15 is 0 Å². The molecule has 0 aromatic carbocycles. The van der Waals surface area contributed by atoms with E-state index in [0.29, 0.717) is 11.6 Å². The molecule has 2 aromatic rings. The van der Waals surface area contributed by atoms with Crippen LogP contribution in [0.15, 0.2) is 12.3 Å². The number of hydrogen-bond acceptors (Lipinski definition) is 5. The van der Waals surface area contributed by atoms with Crippen LogP contribution >= 0.6 is 0 Å². The Labute approximate surface area is 117 Å². The minimum Gasteiger partial charge on any atom is -0.396 e. The smallest absolute Gasteiger partial charge is 0.277 e. The van der Waals surface area contributed by atoms with Gasteiger partial charge in [-0.2, -0.15) is 5.10 Å². The molecule has 0 atom stereocenters. The quantitative estimate of drug-likeness (QED) is 0.883. The Hall–Kier alpha value is -2.44. The summed E-state index contributed by atoms with van der Waals surface area (Å²) in [4.78, 5) is 20.6. The molecule has 2 rings (SSSR count). The van der Waals surface area contributed by atoms with Crippen LogP contribution in [0.2, 0.25) is 0 Å². The first-order valence-corrected chi connectivity index (χ1v) is 6.33. The number of nitrogens with zero attached hydrogens (tertiary/aromatic N) is 4. The van der Waals surface area contributed by atoms with Gasteiger partial charge >= 0.3 is 0 Å². The Morgan fingerprint density at radius 2 is 2.15 bits per heavy atom. The van der Waals surface area contributed by atoms with Crippen molar-refractivity contribution in [3.8, 4) is 0 Å². The molecule has 1 amide bonds. The molecule has 0 saturated carbocycles. The monoisotopic (exact) mass is 274 g/mol. The molecule has 0 aliphatic heterocycles. The molecule has 0 saturated heterocycles. The maximum atomic E-state index is 12.2. The number of anilines is 2. The van der Waals surface area contributed by atoms with Gasteiger partial charge in [0, 0.05) is 19.0 Å². The minimum absolute atomic E-state index is 0.126.